The molecule has 4 aliphatic heterocycles. The number of carbonyl (C=O) groups is 3. The van der Waals surface area contributed by atoms with E-state index in [4.69, 9.17) is 0 Å². The number of benzene rings is 1. The molecule has 4 aliphatic rings. The van der Waals surface area contributed by atoms with Gasteiger partial charge < -0.3 is 10.2 Å². The van der Waals surface area contributed by atoms with Crippen molar-refractivity contribution in [3.05, 3.63) is 34.9 Å². The Morgan fingerprint density at radius 2 is 2.07 bits per heavy atom. The van der Waals surface area contributed by atoms with E-state index in [-0.39, 0.29) is 29.7 Å². The molecule has 2 unspecified atom stereocenters. The van der Waals surface area contributed by atoms with Crippen LogP contribution in [0.25, 0.3) is 0 Å². The van der Waals surface area contributed by atoms with Crippen LogP contribution in [0.5, 0.6) is 0 Å². The fourth-order valence-corrected chi connectivity index (χ4v) is 5.48. The van der Waals surface area contributed by atoms with Crippen LogP contribution < -0.4 is 10.6 Å². The molecule has 1 spiro atoms. The van der Waals surface area contributed by atoms with Crippen molar-refractivity contribution in [2.75, 3.05) is 19.6 Å². The molecule has 0 radical (unpaired) electrons. The number of hydrogen-bond donors (Lipinski definition) is 2. The molecule has 148 valence electrons. The molecule has 1 aromatic rings. The number of nitrogens with one attached hydrogen (secondary N) is 2. The molecule has 28 heavy (non-hydrogen) atoms. The highest BCUT2D eigenvalue weighted by Crippen LogP contribution is 2.37. The first-order valence-electron chi connectivity index (χ1n) is 10.3. The van der Waals surface area contributed by atoms with Crippen molar-refractivity contribution in [2.24, 2.45) is 0 Å². The fraction of sp³-hybridized carbons (Fsp3) is 0.571. The second-order valence-electron chi connectivity index (χ2n) is 8.53. The third-order valence-electron chi connectivity index (χ3n) is 6.96. The summed E-state index contributed by atoms with van der Waals surface area (Å²) in [5.41, 5.74) is 3.05. The Balaban J connectivity index is 1.40. The molecule has 3 fully saturated rings. The van der Waals surface area contributed by atoms with Crippen LogP contribution >= 0.6 is 0 Å². The van der Waals surface area contributed by atoms with Crippen molar-refractivity contribution < 1.29 is 14.4 Å². The summed E-state index contributed by atoms with van der Waals surface area (Å²) < 4.78 is 0. The molecule has 0 saturated carbocycles. The zero-order valence-electron chi connectivity index (χ0n) is 16.0. The Bertz CT molecular complexity index is 841. The molecular formula is C21H26N4O3. The number of imide groups is 1. The Kier molecular flexibility index (Phi) is 4.25. The van der Waals surface area contributed by atoms with E-state index in [2.05, 4.69) is 21.6 Å². The summed E-state index contributed by atoms with van der Waals surface area (Å²) in [5, 5.41) is 5.87. The molecule has 3 amide bonds. The maximum Gasteiger partial charge on any atom is 0.255 e. The molecule has 0 aliphatic carbocycles. The summed E-state index contributed by atoms with van der Waals surface area (Å²) in [6, 6.07) is 5.51. The lowest BCUT2D eigenvalue weighted by Crippen LogP contribution is -2.52. The lowest BCUT2D eigenvalue weighted by Gasteiger charge is -2.35. The maximum atomic E-state index is 13.3. The van der Waals surface area contributed by atoms with Gasteiger partial charge in [-0.2, -0.15) is 0 Å². The van der Waals surface area contributed by atoms with Crippen LogP contribution in [0.1, 0.15) is 53.6 Å². The van der Waals surface area contributed by atoms with Gasteiger partial charge in [-0.15, -0.1) is 0 Å². The monoisotopic (exact) mass is 382 g/mol. The van der Waals surface area contributed by atoms with Crippen molar-refractivity contribution in [2.45, 2.75) is 56.8 Å². The number of piperidine rings is 1. The Morgan fingerprint density at radius 3 is 2.86 bits per heavy atom. The largest absolute Gasteiger partial charge is 0.322 e. The zero-order chi connectivity index (χ0) is 19.3. The molecule has 5 rings (SSSR count). The predicted octanol–water partition coefficient (Wildman–Crippen LogP) is 0.776. The van der Waals surface area contributed by atoms with Crippen molar-refractivity contribution in [1.29, 1.82) is 0 Å². The van der Waals surface area contributed by atoms with Gasteiger partial charge >= 0.3 is 0 Å². The third-order valence-corrected chi connectivity index (χ3v) is 6.96. The van der Waals surface area contributed by atoms with Gasteiger partial charge in [-0.3, -0.25) is 24.6 Å². The van der Waals surface area contributed by atoms with Crippen LogP contribution in [0.2, 0.25) is 0 Å². The van der Waals surface area contributed by atoms with Gasteiger partial charge in [0.25, 0.3) is 5.91 Å². The average Bonchev–Trinajstić information content (AvgIpc) is 3.38. The second-order valence-corrected chi connectivity index (χ2v) is 8.53. The minimum atomic E-state index is -0.553. The van der Waals surface area contributed by atoms with Crippen LogP contribution in [0.4, 0.5) is 0 Å². The summed E-state index contributed by atoms with van der Waals surface area (Å²) in [4.78, 5) is 41.2. The number of fused-ring (bicyclic) bond motifs is 1. The molecule has 7 heteroatoms. The van der Waals surface area contributed by atoms with E-state index in [0.717, 1.165) is 42.9 Å². The maximum absolute atomic E-state index is 13.3. The van der Waals surface area contributed by atoms with Gasteiger partial charge in [0, 0.05) is 37.2 Å². The van der Waals surface area contributed by atoms with E-state index in [0.29, 0.717) is 13.0 Å². The molecule has 7 nitrogen and oxygen atoms in total. The Hall–Kier alpha value is -2.25. The van der Waals surface area contributed by atoms with Gasteiger partial charge in [-0.05, 0) is 49.9 Å². The first-order chi connectivity index (χ1) is 13.6. The summed E-state index contributed by atoms with van der Waals surface area (Å²) >= 11 is 0. The van der Waals surface area contributed by atoms with E-state index in [1.54, 1.807) is 4.90 Å². The lowest BCUT2D eigenvalue weighted by atomic mass is 9.94. The van der Waals surface area contributed by atoms with E-state index in [1.807, 2.05) is 12.1 Å². The van der Waals surface area contributed by atoms with Crippen LogP contribution in [0.15, 0.2) is 18.2 Å². The molecule has 1 aromatic carbocycles. The lowest BCUT2D eigenvalue weighted by molar-refractivity contribution is -0.136. The first kappa shape index (κ1) is 17.8. The third kappa shape index (κ3) is 2.76. The van der Waals surface area contributed by atoms with Gasteiger partial charge in [0.2, 0.25) is 11.8 Å². The number of carbonyl (C=O) groups excluding carboxylic acids is 3. The predicted molar refractivity (Wildman–Crippen MR) is 102 cm³/mol. The summed E-state index contributed by atoms with van der Waals surface area (Å²) in [5.74, 6) is -0.678. The molecule has 0 aromatic heterocycles. The molecule has 0 bridgehead atoms. The van der Waals surface area contributed by atoms with Crippen molar-refractivity contribution in [3.8, 4) is 0 Å². The van der Waals surface area contributed by atoms with Crippen molar-refractivity contribution in [1.82, 2.24) is 20.4 Å². The van der Waals surface area contributed by atoms with Crippen LogP contribution in [0, 0.1) is 0 Å². The highest BCUT2D eigenvalue weighted by molar-refractivity contribution is 6.05. The van der Waals surface area contributed by atoms with E-state index in [9.17, 15) is 14.4 Å². The van der Waals surface area contributed by atoms with E-state index in [1.165, 1.54) is 19.3 Å². The smallest absolute Gasteiger partial charge is 0.255 e. The zero-order valence-corrected chi connectivity index (χ0v) is 16.0. The van der Waals surface area contributed by atoms with E-state index < -0.39 is 6.04 Å². The van der Waals surface area contributed by atoms with Crippen LogP contribution in [-0.2, 0) is 22.7 Å². The number of nitrogens with zero attached hydrogens (tertiary/aromatic N) is 2. The van der Waals surface area contributed by atoms with Crippen molar-refractivity contribution in [3.63, 3.8) is 0 Å². The fourth-order valence-electron chi connectivity index (χ4n) is 5.48. The number of likely N-dealkylation sites (tertiary alicyclic amines) is 1. The van der Waals surface area contributed by atoms with Gasteiger partial charge in [0.15, 0.2) is 0 Å². The molecule has 2 atom stereocenters. The second kappa shape index (κ2) is 6.67. The highest BCUT2D eigenvalue weighted by atomic mass is 16.2. The van der Waals surface area contributed by atoms with Crippen molar-refractivity contribution >= 4 is 17.7 Å². The molecular weight excluding hydrogens is 356 g/mol. The first-order valence-corrected chi connectivity index (χ1v) is 10.3. The normalized spacial score (nSPS) is 30.4. The van der Waals surface area contributed by atoms with Gasteiger partial charge in [-0.25, -0.2) is 0 Å². The number of hydrogen-bond acceptors (Lipinski definition) is 5. The van der Waals surface area contributed by atoms with Gasteiger partial charge in [0.05, 0.1) is 0 Å². The molecule has 2 N–H and O–H groups in total. The topological polar surface area (TPSA) is 81.8 Å². The quantitative estimate of drug-likeness (QED) is 0.755. The Labute approximate surface area is 164 Å². The highest BCUT2D eigenvalue weighted by Gasteiger charge is 2.44. The Morgan fingerprint density at radius 1 is 1.18 bits per heavy atom. The molecule has 3 saturated heterocycles. The number of amides is 3. The average molecular weight is 382 g/mol. The van der Waals surface area contributed by atoms with Crippen LogP contribution in [-0.4, -0.2) is 58.7 Å². The SMILES string of the molecule is O=C1CCC(N2Cc3cccc(CN4CCCC45CCNC5)c3C2=O)C(=O)N1. The van der Waals surface area contributed by atoms with Gasteiger partial charge in [-0.1, -0.05) is 18.2 Å². The summed E-state index contributed by atoms with van der Waals surface area (Å²) in [6.07, 6.45) is 4.27. The van der Waals surface area contributed by atoms with Crippen LogP contribution in [0.3, 0.4) is 0 Å². The minimum Gasteiger partial charge on any atom is -0.322 e. The number of rotatable bonds is 3. The minimum absolute atomic E-state index is 0.0714. The summed E-state index contributed by atoms with van der Waals surface area (Å²) in [6.45, 7) is 4.38. The van der Waals surface area contributed by atoms with Gasteiger partial charge in [0.1, 0.15) is 6.04 Å². The standard InChI is InChI=1S/C21H26N4O3/c26-17-6-5-16(19(27)23-17)25-12-15-4-1-3-14(18(15)20(25)28)11-24-10-2-7-21(24)8-9-22-13-21/h1,3-4,16,22H,2,5-13H2,(H,23,26,27). The molecule has 4 heterocycles. The summed E-state index contributed by atoms with van der Waals surface area (Å²) in [7, 11) is 0. The van der Waals surface area contributed by atoms with E-state index >= 15 is 0 Å².